The Balaban J connectivity index is 0. The molecular formula is C8H10Co. The van der Waals surface area contributed by atoms with Crippen molar-refractivity contribution in [3.8, 4) is 0 Å². The summed E-state index contributed by atoms with van der Waals surface area (Å²) in [5.74, 6) is 0. The van der Waals surface area contributed by atoms with E-state index in [1.165, 1.54) is 0 Å². The molecule has 0 aromatic rings. The maximum atomic E-state index is 5.09. The van der Waals surface area contributed by atoms with Crippen molar-refractivity contribution in [2.24, 2.45) is 0 Å². The van der Waals surface area contributed by atoms with Gasteiger partial charge in [-0.25, -0.2) is 0 Å². The van der Waals surface area contributed by atoms with E-state index in [-0.39, 0.29) is 16.8 Å². The zero-order valence-corrected chi connectivity index (χ0v) is 6.25. The predicted octanol–water partition coefficient (Wildman–Crippen LogP) is 2.30. The Morgan fingerprint density at radius 1 is 0.889 bits per heavy atom. The third kappa shape index (κ3) is 11.3. The third-order valence-electron chi connectivity index (χ3n) is 0.711. The second-order valence-electron chi connectivity index (χ2n) is 1.41. The van der Waals surface area contributed by atoms with Crippen molar-refractivity contribution in [2.45, 2.75) is 12.8 Å². The van der Waals surface area contributed by atoms with Gasteiger partial charge in [-0.15, -0.1) is 0 Å². The summed E-state index contributed by atoms with van der Waals surface area (Å²) in [6.45, 7) is 10.2. The molecule has 51 valence electrons. The van der Waals surface area contributed by atoms with Gasteiger partial charge in [0.1, 0.15) is 0 Å². The zero-order chi connectivity index (χ0) is 6.24. The normalized spacial score (nSPS) is 8.44. The summed E-state index contributed by atoms with van der Waals surface area (Å²) in [7, 11) is 0. The molecule has 0 fully saturated rings. The average molecular weight is 165 g/mol. The fraction of sp³-hybridized carbons (Fsp3) is 0.250. The predicted molar refractivity (Wildman–Crippen MR) is 36.1 cm³/mol. The topological polar surface area (TPSA) is 0 Å². The second-order valence-corrected chi connectivity index (χ2v) is 1.41. The molecule has 0 N–H and O–H groups in total. The number of hydrogen-bond acceptors (Lipinski definition) is 0. The average Bonchev–Trinajstić information content (AvgIpc) is 1.81. The van der Waals surface area contributed by atoms with Gasteiger partial charge in [-0.1, -0.05) is 12.2 Å². The minimum absolute atomic E-state index is 0. The molecule has 0 rings (SSSR count). The molecular weight excluding hydrogens is 155 g/mol. The summed E-state index contributed by atoms with van der Waals surface area (Å²) in [6, 6.07) is 0. The molecule has 0 bridgehead atoms. The van der Waals surface area contributed by atoms with E-state index in [2.05, 4.69) is 0 Å². The van der Waals surface area contributed by atoms with Crippen molar-refractivity contribution in [1.82, 2.24) is 0 Å². The molecule has 0 amide bonds. The van der Waals surface area contributed by atoms with E-state index in [0.717, 1.165) is 12.8 Å². The smallest absolute Gasteiger partial charge is 0.518 e. The molecule has 1 radical (unpaired) electrons. The van der Waals surface area contributed by atoms with Crippen LogP contribution in [0.2, 0.25) is 0 Å². The first-order valence-corrected chi connectivity index (χ1v) is 2.63. The number of hydrogen-bond donors (Lipinski definition) is 0. The summed E-state index contributed by atoms with van der Waals surface area (Å²) in [6.07, 6.45) is 8.81. The van der Waals surface area contributed by atoms with Gasteiger partial charge in [0.2, 0.25) is 0 Å². The summed E-state index contributed by atoms with van der Waals surface area (Å²) in [5.41, 5.74) is 0. The quantitative estimate of drug-likeness (QED) is 0.443. The Kier molecular flexibility index (Phi) is 13.6. The van der Waals surface area contributed by atoms with Crippen molar-refractivity contribution in [3.05, 3.63) is 37.5 Å². The Morgan fingerprint density at radius 2 is 1.22 bits per heavy atom. The van der Waals surface area contributed by atoms with Gasteiger partial charge in [-0.05, 0) is 12.8 Å². The van der Waals surface area contributed by atoms with E-state index < -0.39 is 0 Å². The molecule has 0 saturated heterocycles. The van der Waals surface area contributed by atoms with Gasteiger partial charge in [-0.3, -0.25) is 12.2 Å². The van der Waals surface area contributed by atoms with Gasteiger partial charge < -0.3 is 13.2 Å². The van der Waals surface area contributed by atoms with Crippen LogP contribution in [0.5, 0.6) is 0 Å². The molecule has 0 saturated carbocycles. The van der Waals surface area contributed by atoms with E-state index in [1.807, 2.05) is 12.2 Å². The van der Waals surface area contributed by atoms with Crippen molar-refractivity contribution in [1.29, 1.82) is 0 Å². The molecule has 1 heteroatoms. The van der Waals surface area contributed by atoms with Crippen LogP contribution in [0.15, 0.2) is 24.3 Å². The number of allylic oxidation sites excluding steroid dienone is 4. The minimum Gasteiger partial charge on any atom is -0.518 e. The fourth-order valence-electron chi connectivity index (χ4n) is 0.350. The maximum absolute atomic E-state index is 5.09. The second kappa shape index (κ2) is 10.7. The van der Waals surface area contributed by atoms with Crippen LogP contribution < -0.4 is 0 Å². The summed E-state index contributed by atoms with van der Waals surface area (Å²) < 4.78 is 0. The summed E-state index contributed by atoms with van der Waals surface area (Å²) in [5, 5.41) is 0. The van der Waals surface area contributed by atoms with E-state index in [1.54, 1.807) is 12.2 Å². The zero-order valence-electron chi connectivity index (χ0n) is 5.21. The fourth-order valence-corrected chi connectivity index (χ4v) is 0.350. The van der Waals surface area contributed by atoms with Gasteiger partial charge in [0.15, 0.2) is 0 Å². The number of rotatable bonds is 4. The van der Waals surface area contributed by atoms with E-state index in [0.29, 0.717) is 0 Å². The van der Waals surface area contributed by atoms with Gasteiger partial charge in [-0.2, -0.15) is 0 Å². The first-order chi connectivity index (χ1) is 3.91. The van der Waals surface area contributed by atoms with Gasteiger partial charge in [0.05, 0.1) is 0 Å². The molecule has 0 heterocycles. The Bertz CT molecular complexity index is 80.7. The molecule has 0 aliphatic heterocycles. The molecule has 0 aromatic heterocycles. The van der Waals surface area contributed by atoms with Crippen LogP contribution in [0.3, 0.4) is 0 Å². The van der Waals surface area contributed by atoms with Crippen molar-refractivity contribution >= 4 is 0 Å². The van der Waals surface area contributed by atoms with Crippen LogP contribution in [0.4, 0.5) is 0 Å². The van der Waals surface area contributed by atoms with E-state index in [4.69, 9.17) is 13.2 Å². The van der Waals surface area contributed by atoms with Crippen LogP contribution in [0.1, 0.15) is 12.8 Å². The van der Waals surface area contributed by atoms with Gasteiger partial charge in [0.25, 0.3) is 0 Å². The monoisotopic (exact) mass is 165 g/mol. The van der Waals surface area contributed by atoms with Crippen molar-refractivity contribution in [2.75, 3.05) is 0 Å². The van der Waals surface area contributed by atoms with Crippen LogP contribution in [0.25, 0.3) is 0 Å². The van der Waals surface area contributed by atoms with Crippen molar-refractivity contribution in [3.63, 3.8) is 0 Å². The van der Waals surface area contributed by atoms with Gasteiger partial charge >= 0.3 is 16.8 Å². The Morgan fingerprint density at radius 3 is 1.44 bits per heavy atom. The molecule has 9 heavy (non-hydrogen) atoms. The van der Waals surface area contributed by atoms with E-state index >= 15 is 0 Å². The van der Waals surface area contributed by atoms with Crippen molar-refractivity contribution < 1.29 is 16.8 Å². The molecule has 0 nitrogen and oxygen atoms in total. The minimum atomic E-state index is 0. The maximum Gasteiger partial charge on any atom is 2.00 e. The Hall–Kier alpha value is -0.274. The first kappa shape index (κ1) is 11.5. The Labute approximate surface area is 67.5 Å². The molecule has 0 atom stereocenters. The van der Waals surface area contributed by atoms with Crippen LogP contribution in [-0.4, -0.2) is 0 Å². The molecule has 0 aromatic carbocycles. The molecule has 0 aliphatic carbocycles. The molecule has 0 unspecified atom stereocenters. The SMILES string of the molecule is [CH-]=CC/C=C\CC=[CH-].[Co+2]. The van der Waals surface area contributed by atoms with Crippen LogP contribution in [-0.2, 0) is 16.8 Å². The van der Waals surface area contributed by atoms with Crippen LogP contribution >= 0.6 is 0 Å². The molecule has 0 aliphatic rings. The molecule has 0 spiro atoms. The first-order valence-electron chi connectivity index (χ1n) is 2.63. The third-order valence-corrected chi connectivity index (χ3v) is 0.711. The van der Waals surface area contributed by atoms with Crippen LogP contribution in [0, 0.1) is 13.2 Å². The van der Waals surface area contributed by atoms with E-state index in [9.17, 15) is 0 Å². The standard InChI is InChI=1S/C8H10.Co/c1-3-5-7-8-6-4-2;/h1-4,7-8H,5-6H2;/q-2;+2/b8-7-;. The summed E-state index contributed by atoms with van der Waals surface area (Å²) >= 11 is 0. The largest absolute Gasteiger partial charge is 2.00 e. The van der Waals surface area contributed by atoms with Gasteiger partial charge in [0, 0.05) is 0 Å². The summed E-state index contributed by atoms with van der Waals surface area (Å²) in [4.78, 5) is 0.